The molecule has 0 aromatic heterocycles. The van der Waals surface area contributed by atoms with Crippen LogP contribution in [0.3, 0.4) is 0 Å². The van der Waals surface area contributed by atoms with Crippen LogP contribution >= 0.6 is 0 Å². The molecule has 5 nitrogen and oxygen atoms in total. The molecule has 5 N–H and O–H groups in total. The molecule has 0 aliphatic rings. The third kappa shape index (κ3) is 6.11. The van der Waals surface area contributed by atoms with Crippen LogP contribution in [-0.2, 0) is 0 Å². The first kappa shape index (κ1) is 18.0. The molecule has 0 rings (SSSR count). The van der Waals surface area contributed by atoms with Crippen molar-refractivity contribution >= 4 is 5.84 Å². The first-order valence-corrected chi connectivity index (χ1v) is 5.92. The minimum Gasteiger partial charge on any atom is -0.409 e. The smallest absolute Gasteiger partial charge is 0.400 e. The molecule has 0 aliphatic heterocycles. The Kier molecular flexibility index (Phi) is 6.58. The van der Waals surface area contributed by atoms with Gasteiger partial charge in [0.15, 0.2) is 5.84 Å². The Labute approximate surface area is 110 Å². The summed E-state index contributed by atoms with van der Waals surface area (Å²) in [5, 5.41) is 22.5. The van der Waals surface area contributed by atoms with Gasteiger partial charge in [-0.25, -0.2) is 0 Å². The number of aliphatic hydroxyl groups is 1. The van der Waals surface area contributed by atoms with E-state index in [9.17, 15) is 13.2 Å². The van der Waals surface area contributed by atoms with E-state index < -0.39 is 24.5 Å². The lowest BCUT2D eigenvalue weighted by Crippen LogP contribution is -2.49. The Balaban J connectivity index is 4.79. The van der Waals surface area contributed by atoms with Gasteiger partial charge in [-0.3, -0.25) is 0 Å². The van der Waals surface area contributed by atoms with Gasteiger partial charge in [-0.05, 0) is 11.8 Å². The number of amidine groups is 1. The quantitative estimate of drug-likeness (QED) is 0.256. The summed E-state index contributed by atoms with van der Waals surface area (Å²) in [5.74, 6) is -2.93. The first-order chi connectivity index (χ1) is 8.54. The highest BCUT2D eigenvalue weighted by molar-refractivity contribution is 5.83. The summed E-state index contributed by atoms with van der Waals surface area (Å²) in [6, 6.07) is -0.311. The zero-order valence-electron chi connectivity index (χ0n) is 11.3. The van der Waals surface area contributed by atoms with Crippen LogP contribution in [0.5, 0.6) is 0 Å². The third-order valence-electron chi connectivity index (χ3n) is 2.90. The van der Waals surface area contributed by atoms with Gasteiger partial charge in [0.1, 0.15) is 5.92 Å². The summed E-state index contributed by atoms with van der Waals surface area (Å²) >= 11 is 0. The Morgan fingerprint density at radius 2 is 1.84 bits per heavy atom. The van der Waals surface area contributed by atoms with Gasteiger partial charge in [0.25, 0.3) is 0 Å². The number of aliphatic hydroxyl groups excluding tert-OH is 1. The van der Waals surface area contributed by atoms with Crippen molar-refractivity contribution in [2.45, 2.75) is 39.4 Å². The van der Waals surface area contributed by atoms with Crippen LogP contribution in [0.1, 0.15) is 27.2 Å². The van der Waals surface area contributed by atoms with E-state index in [0.29, 0.717) is 6.42 Å². The maximum atomic E-state index is 12.7. The molecule has 0 aliphatic carbocycles. The Hall–Kier alpha value is -1.02. The van der Waals surface area contributed by atoms with E-state index in [4.69, 9.17) is 16.0 Å². The van der Waals surface area contributed by atoms with Crippen LogP contribution in [0, 0.1) is 11.3 Å². The van der Waals surface area contributed by atoms with Crippen LogP contribution in [0.4, 0.5) is 13.2 Å². The molecule has 2 unspecified atom stereocenters. The largest absolute Gasteiger partial charge is 0.409 e. The van der Waals surface area contributed by atoms with E-state index in [2.05, 4.69) is 10.5 Å². The van der Waals surface area contributed by atoms with E-state index in [0.717, 1.165) is 0 Å². The number of nitrogens with two attached hydrogens (primary N) is 1. The van der Waals surface area contributed by atoms with Crippen molar-refractivity contribution in [3.8, 4) is 0 Å². The molecule has 19 heavy (non-hydrogen) atoms. The molecule has 0 fully saturated rings. The molecule has 0 aromatic rings. The minimum atomic E-state index is -4.59. The van der Waals surface area contributed by atoms with Gasteiger partial charge in [0, 0.05) is 19.2 Å². The van der Waals surface area contributed by atoms with Gasteiger partial charge >= 0.3 is 6.18 Å². The molecule has 8 heteroatoms. The molecule has 2 atom stereocenters. The number of nitrogens with zero attached hydrogens (tertiary/aromatic N) is 1. The Morgan fingerprint density at radius 3 is 2.16 bits per heavy atom. The molecule has 0 aromatic carbocycles. The van der Waals surface area contributed by atoms with Crippen LogP contribution < -0.4 is 11.1 Å². The fraction of sp³-hybridized carbons (Fsp3) is 0.909. The molecule has 0 amide bonds. The highest BCUT2D eigenvalue weighted by atomic mass is 19.4. The van der Waals surface area contributed by atoms with Crippen LogP contribution in [-0.4, -0.2) is 41.5 Å². The second kappa shape index (κ2) is 6.95. The zero-order valence-corrected chi connectivity index (χ0v) is 11.3. The van der Waals surface area contributed by atoms with Crippen molar-refractivity contribution in [1.29, 1.82) is 0 Å². The van der Waals surface area contributed by atoms with Gasteiger partial charge in [-0.1, -0.05) is 25.9 Å². The number of halogens is 3. The maximum Gasteiger partial charge on any atom is 0.400 e. The maximum absolute atomic E-state index is 12.7. The molecular formula is C11H22F3N3O2. The van der Waals surface area contributed by atoms with Crippen molar-refractivity contribution in [2.24, 2.45) is 22.2 Å². The highest BCUT2D eigenvalue weighted by Gasteiger charge is 2.43. The molecule has 0 radical (unpaired) electrons. The van der Waals surface area contributed by atoms with Gasteiger partial charge in [-0.15, -0.1) is 0 Å². The number of rotatable bonds is 6. The molecular weight excluding hydrogens is 263 g/mol. The second-order valence-electron chi connectivity index (χ2n) is 5.46. The highest BCUT2D eigenvalue weighted by Crippen LogP contribution is 2.27. The van der Waals surface area contributed by atoms with E-state index in [1.807, 2.05) is 20.8 Å². The lowest BCUT2D eigenvalue weighted by atomic mass is 9.84. The first-order valence-electron chi connectivity index (χ1n) is 5.92. The third-order valence-corrected chi connectivity index (χ3v) is 2.90. The summed E-state index contributed by atoms with van der Waals surface area (Å²) in [7, 11) is 0. The monoisotopic (exact) mass is 285 g/mol. The second-order valence-corrected chi connectivity index (χ2v) is 5.46. The number of hydrogen-bond donors (Lipinski definition) is 4. The summed E-state index contributed by atoms with van der Waals surface area (Å²) in [6.07, 6.45) is -4.27. The number of hydrogen-bond acceptors (Lipinski definition) is 4. The van der Waals surface area contributed by atoms with Gasteiger partial charge in [-0.2, -0.15) is 13.2 Å². The fourth-order valence-corrected chi connectivity index (χ4v) is 1.69. The van der Waals surface area contributed by atoms with Crippen LogP contribution in [0.15, 0.2) is 5.16 Å². The molecule has 0 saturated carbocycles. The van der Waals surface area contributed by atoms with Crippen LogP contribution in [0.25, 0.3) is 0 Å². The lowest BCUT2D eigenvalue weighted by molar-refractivity contribution is -0.155. The Morgan fingerprint density at radius 1 is 1.32 bits per heavy atom. The SMILES string of the molecule is CC(C)(C)C(CCO)NCC(C(N)=NO)C(F)(F)F. The predicted octanol–water partition coefficient (Wildman–Crippen LogP) is 1.30. The van der Waals surface area contributed by atoms with Crippen molar-refractivity contribution in [3.63, 3.8) is 0 Å². The normalized spacial score (nSPS) is 17.3. The van der Waals surface area contributed by atoms with E-state index in [-0.39, 0.29) is 18.1 Å². The van der Waals surface area contributed by atoms with Crippen molar-refractivity contribution < 1.29 is 23.5 Å². The van der Waals surface area contributed by atoms with E-state index in [1.54, 1.807) is 0 Å². The lowest BCUT2D eigenvalue weighted by Gasteiger charge is -2.33. The standard InChI is InChI=1S/C11H22F3N3O2/c1-10(2,3)8(4-5-18)16-6-7(9(15)17-19)11(12,13)14/h7-8,16,18-19H,4-6H2,1-3H3,(H2,15,17). The summed E-state index contributed by atoms with van der Waals surface area (Å²) in [4.78, 5) is 0. The van der Waals surface area contributed by atoms with Gasteiger partial charge in [0.05, 0.1) is 0 Å². The molecule has 0 heterocycles. The summed E-state index contributed by atoms with van der Waals surface area (Å²) < 4.78 is 38.2. The summed E-state index contributed by atoms with van der Waals surface area (Å²) in [5.41, 5.74) is 4.75. The van der Waals surface area contributed by atoms with Crippen molar-refractivity contribution in [2.75, 3.05) is 13.2 Å². The molecule has 114 valence electrons. The van der Waals surface area contributed by atoms with Crippen molar-refractivity contribution in [1.82, 2.24) is 5.32 Å². The number of nitrogens with one attached hydrogen (secondary N) is 1. The van der Waals surface area contributed by atoms with E-state index in [1.165, 1.54) is 0 Å². The topological polar surface area (TPSA) is 90.9 Å². The number of oxime groups is 1. The van der Waals surface area contributed by atoms with Gasteiger partial charge < -0.3 is 21.4 Å². The molecule has 0 bridgehead atoms. The zero-order chi connectivity index (χ0) is 15.3. The predicted molar refractivity (Wildman–Crippen MR) is 65.9 cm³/mol. The van der Waals surface area contributed by atoms with E-state index >= 15 is 0 Å². The molecule has 0 spiro atoms. The van der Waals surface area contributed by atoms with Gasteiger partial charge in [0.2, 0.25) is 0 Å². The number of alkyl halides is 3. The summed E-state index contributed by atoms with van der Waals surface area (Å²) in [6.45, 7) is 4.93. The average Bonchev–Trinajstić information content (AvgIpc) is 2.24. The fourth-order valence-electron chi connectivity index (χ4n) is 1.69. The average molecular weight is 285 g/mol. The van der Waals surface area contributed by atoms with Crippen LogP contribution in [0.2, 0.25) is 0 Å². The minimum absolute atomic E-state index is 0.130. The van der Waals surface area contributed by atoms with Crippen molar-refractivity contribution in [3.05, 3.63) is 0 Å². The Bertz CT molecular complexity index is 301. The molecule has 0 saturated heterocycles.